The molecular weight excluding hydrogens is 366 g/mol. The van der Waals surface area contributed by atoms with Crippen molar-refractivity contribution in [2.75, 3.05) is 5.75 Å². The molecule has 0 bridgehead atoms. The van der Waals surface area contributed by atoms with Crippen LogP contribution in [0.25, 0.3) is 10.9 Å². The predicted molar refractivity (Wildman–Crippen MR) is 118 cm³/mol. The molecule has 1 amide bonds. The number of amides is 1. The minimum Gasteiger partial charge on any atom is -0.272 e. The van der Waals surface area contributed by atoms with E-state index in [9.17, 15) is 4.79 Å². The summed E-state index contributed by atoms with van der Waals surface area (Å²) in [6.07, 6.45) is 1.67. The summed E-state index contributed by atoms with van der Waals surface area (Å²) in [6, 6.07) is 16.4. The van der Waals surface area contributed by atoms with E-state index in [-0.39, 0.29) is 5.91 Å². The number of benzene rings is 2. The summed E-state index contributed by atoms with van der Waals surface area (Å²) < 4.78 is 0. The Labute approximate surface area is 170 Å². The molecule has 1 heterocycles. The van der Waals surface area contributed by atoms with Crippen molar-refractivity contribution < 1.29 is 4.79 Å². The third-order valence-electron chi connectivity index (χ3n) is 4.42. The quantitative estimate of drug-likeness (QED) is 0.356. The lowest BCUT2D eigenvalue weighted by Gasteiger charge is -2.08. The van der Waals surface area contributed by atoms with Gasteiger partial charge in [0, 0.05) is 16.0 Å². The number of hydrogen-bond acceptors (Lipinski definition) is 4. The largest absolute Gasteiger partial charge is 0.272 e. The summed E-state index contributed by atoms with van der Waals surface area (Å²) in [4.78, 5) is 17.8. The van der Waals surface area contributed by atoms with Gasteiger partial charge in [-0.05, 0) is 49.1 Å². The summed E-state index contributed by atoms with van der Waals surface area (Å²) >= 11 is 1.51. The smallest absolute Gasteiger partial charge is 0.250 e. The van der Waals surface area contributed by atoms with E-state index >= 15 is 0 Å². The van der Waals surface area contributed by atoms with E-state index in [2.05, 4.69) is 60.5 Å². The second-order valence-corrected chi connectivity index (χ2v) is 8.20. The Morgan fingerprint density at radius 2 is 1.89 bits per heavy atom. The number of aromatic nitrogens is 1. The fraction of sp³-hybridized carbons (Fsp3) is 0.261. The number of nitrogens with one attached hydrogen (secondary N) is 1. The average molecular weight is 392 g/mol. The molecule has 2 aromatic carbocycles. The average Bonchev–Trinajstić information content (AvgIpc) is 2.67. The van der Waals surface area contributed by atoms with Crippen LogP contribution in [0.1, 0.15) is 42.1 Å². The standard InChI is InChI=1S/C23H25N3OS/c1-15(2)19-8-6-18(7-9-19)13-24-26-23(27)14-28-22-12-17(4)25-21-10-5-16(3)11-20(21)22/h5-13,15H,14H2,1-4H3,(H,26,27)/b24-13-. The van der Waals surface area contributed by atoms with Crippen LogP contribution in [0.15, 0.2) is 58.5 Å². The predicted octanol–water partition coefficient (Wildman–Crippen LogP) is 5.22. The second kappa shape index (κ2) is 9.02. The Morgan fingerprint density at radius 3 is 2.61 bits per heavy atom. The highest BCUT2D eigenvalue weighted by Crippen LogP contribution is 2.28. The van der Waals surface area contributed by atoms with Crippen molar-refractivity contribution in [1.29, 1.82) is 0 Å². The van der Waals surface area contributed by atoms with Gasteiger partial charge < -0.3 is 0 Å². The minimum atomic E-state index is -0.129. The van der Waals surface area contributed by atoms with Crippen LogP contribution in [-0.4, -0.2) is 22.9 Å². The Morgan fingerprint density at radius 1 is 1.14 bits per heavy atom. The maximum absolute atomic E-state index is 12.2. The first-order chi connectivity index (χ1) is 13.4. The maximum atomic E-state index is 12.2. The molecule has 0 aliphatic heterocycles. The number of nitrogens with zero attached hydrogens (tertiary/aromatic N) is 2. The number of rotatable bonds is 6. The van der Waals surface area contributed by atoms with Crippen LogP contribution in [0.2, 0.25) is 0 Å². The SMILES string of the molecule is Cc1ccc2nc(C)cc(SCC(=O)N/N=C\c3ccc(C(C)C)cc3)c2c1. The van der Waals surface area contributed by atoms with Crippen molar-refractivity contribution in [1.82, 2.24) is 10.4 Å². The summed E-state index contributed by atoms with van der Waals surface area (Å²) in [5.74, 6) is 0.672. The Balaban J connectivity index is 1.60. The van der Waals surface area contributed by atoms with Crippen molar-refractivity contribution in [2.24, 2.45) is 5.10 Å². The van der Waals surface area contributed by atoms with E-state index in [1.807, 2.05) is 31.2 Å². The number of fused-ring (bicyclic) bond motifs is 1. The zero-order valence-corrected chi connectivity index (χ0v) is 17.5. The summed E-state index contributed by atoms with van der Waals surface area (Å²) in [7, 11) is 0. The fourth-order valence-electron chi connectivity index (χ4n) is 2.88. The Kier molecular flexibility index (Phi) is 6.47. The molecule has 0 unspecified atom stereocenters. The molecular formula is C23H25N3OS. The van der Waals surface area contributed by atoms with Gasteiger partial charge in [-0.15, -0.1) is 11.8 Å². The molecule has 28 heavy (non-hydrogen) atoms. The van der Waals surface area contributed by atoms with E-state index in [0.29, 0.717) is 11.7 Å². The minimum absolute atomic E-state index is 0.129. The van der Waals surface area contributed by atoms with Crippen molar-refractivity contribution in [3.8, 4) is 0 Å². The summed E-state index contributed by atoms with van der Waals surface area (Å²) in [6.45, 7) is 8.35. The molecule has 0 fully saturated rings. The van der Waals surface area contributed by atoms with Gasteiger partial charge in [0.1, 0.15) is 0 Å². The van der Waals surface area contributed by atoms with Crippen molar-refractivity contribution in [2.45, 2.75) is 38.5 Å². The lowest BCUT2D eigenvalue weighted by molar-refractivity contribution is -0.118. The van der Waals surface area contributed by atoms with Crippen LogP contribution >= 0.6 is 11.8 Å². The van der Waals surface area contributed by atoms with Crippen molar-refractivity contribution in [3.05, 3.63) is 70.9 Å². The molecule has 0 saturated carbocycles. The molecule has 3 aromatic rings. The number of hydrogen-bond donors (Lipinski definition) is 1. The topological polar surface area (TPSA) is 54.4 Å². The van der Waals surface area contributed by atoms with Gasteiger partial charge in [-0.2, -0.15) is 5.10 Å². The van der Waals surface area contributed by atoms with Crippen molar-refractivity contribution in [3.63, 3.8) is 0 Å². The molecule has 0 spiro atoms. The van der Waals surface area contributed by atoms with Crippen LogP contribution in [0, 0.1) is 13.8 Å². The number of thioether (sulfide) groups is 1. The molecule has 144 valence electrons. The number of carbonyl (C=O) groups excluding carboxylic acids is 1. The van der Waals surface area contributed by atoms with E-state index in [1.165, 1.54) is 22.9 Å². The Hall–Kier alpha value is -2.66. The molecule has 4 nitrogen and oxygen atoms in total. The molecule has 5 heteroatoms. The third-order valence-corrected chi connectivity index (χ3v) is 5.47. The van der Waals surface area contributed by atoms with Crippen LogP contribution in [-0.2, 0) is 4.79 Å². The Bertz CT molecular complexity index is 1010. The normalized spacial score (nSPS) is 11.5. The molecule has 0 saturated heterocycles. The van der Waals surface area contributed by atoms with Gasteiger partial charge in [0.2, 0.25) is 5.91 Å². The van der Waals surface area contributed by atoms with Crippen LogP contribution in [0.4, 0.5) is 0 Å². The monoisotopic (exact) mass is 391 g/mol. The summed E-state index contributed by atoms with van der Waals surface area (Å²) in [5, 5.41) is 5.15. The number of aryl methyl sites for hydroxylation is 2. The van der Waals surface area contributed by atoms with Gasteiger partial charge in [0.15, 0.2) is 0 Å². The molecule has 0 aliphatic rings. The van der Waals surface area contributed by atoms with Gasteiger partial charge in [-0.25, -0.2) is 5.43 Å². The molecule has 0 radical (unpaired) electrons. The number of carbonyl (C=O) groups is 1. The van der Waals surface area contributed by atoms with E-state index in [0.717, 1.165) is 27.1 Å². The van der Waals surface area contributed by atoms with Crippen LogP contribution in [0.5, 0.6) is 0 Å². The first kappa shape index (κ1) is 20.1. The molecule has 3 rings (SSSR count). The van der Waals surface area contributed by atoms with Crippen LogP contribution in [0.3, 0.4) is 0 Å². The third kappa shape index (κ3) is 5.20. The van der Waals surface area contributed by atoms with Gasteiger partial charge in [0.05, 0.1) is 17.5 Å². The second-order valence-electron chi connectivity index (χ2n) is 7.19. The fourth-order valence-corrected chi connectivity index (χ4v) is 3.80. The molecule has 1 N–H and O–H groups in total. The first-order valence-electron chi connectivity index (χ1n) is 9.35. The van der Waals surface area contributed by atoms with Crippen LogP contribution < -0.4 is 5.43 Å². The highest BCUT2D eigenvalue weighted by molar-refractivity contribution is 8.00. The van der Waals surface area contributed by atoms with Crippen molar-refractivity contribution >= 4 is 34.8 Å². The lowest BCUT2D eigenvalue weighted by atomic mass is 10.0. The highest BCUT2D eigenvalue weighted by atomic mass is 32.2. The van der Waals surface area contributed by atoms with Gasteiger partial charge in [-0.3, -0.25) is 9.78 Å². The molecule has 0 atom stereocenters. The van der Waals surface area contributed by atoms with E-state index in [1.54, 1.807) is 6.21 Å². The number of hydrazone groups is 1. The number of pyridine rings is 1. The highest BCUT2D eigenvalue weighted by Gasteiger charge is 2.08. The van der Waals surface area contributed by atoms with Gasteiger partial charge in [-0.1, -0.05) is 49.7 Å². The van der Waals surface area contributed by atoms with Gasteiger partial charge in [0.25, 0.3) is 0 Å². The van der Waals surface area contributed by atoms with E-state index < -0.39 is 0 Å². The van der Waals surface area contributed by atoms with Gasteiger partial charge >= 0.3 is 0 Å². The zero-order chi connectivity index (χ0) is 20.1. The maximum Gasteiger partial charge on any atom is 0.250 e. The lowest BCUT2D eigenvalue weighted by Crippen LogP contribution is -2.19. The molecule has 0 aliphatic carbocycles. The molecule has 1 aromatic heterocycles. The zero-order valence-electron chi connectivity index (χ0n) is 16.7. The van der Waals surface area contributed by atoms with E-state index in [4.69, 9.17) is 0 Å². The first-order valence-corrected chi connectivity index (χ1v) is 10.3. The summed E-state index contributed by atoms with van der Waals surface area (Å²) in [5.41, 5.74) is 7.93.